The Morgan fingerprint density at radius 2 is 2.04 bits per heavy atom. The van der Waals surface area contributed by atoms with Crippen molar-refractivity contribution in [3.8, 4) is 16.9 Å². The number of rotatable bonds is 4. The molecule has 28 heavy (non-hydrogen) atoms. The largest absolute Gasteiger partial charge is 0.494 e. The van der Waals surface area contributed by atoms with E-state index < -0.39 is 0 Å². The van der Waals surface area contributed by atoms with E-state index in [0.29, 0.717) is 32.7 Å². The third-order valence-corrected chi connectivity index (χ3v) is 5.17. The van der Waals surface area contributed by atoms with Crippen LogP contribution in [0, 0.1) is 6.92 Å². The number of fused-ring (bicyclic) bond motifs is 1. The minimum atomic E-state index is -0.329. The summed E-state index contributed by atoms with van der Waals surface area (Å²) >= 11 is 7.43. The summed E-state index contributed by atoms with van der Waals surface area (Å²) in [6.07, 6.45) is 6.43. The van der Waals surface area contributed by atoms with Crippen LogP contribution in [0.25, 0.3) is 21.3 Å². The number of hydrogen-bond donors (Lipinski definition) is 1. The molecule has 4 aromatic rings. The first-order chi connectivity index (χ1) is 13.5. The summed E-state index contributed by atoms with van der Waals surface area (Å²) in [6.45, 7) is 1.85. The van der Waals surface area contributed by atoms with Crippen molar-refractivity contribution in [3.05, 3.63) is 59.4 Å². The Labute approximate surface area is 169 Å². The van der Waals surface area contributed by atoms with Gasteiger partial charge in [-0.3, -0.25) is 20.1 Å². The van der Waals surface area contributed by atoms with Crippen molar-refractivity contribution in [3.63, 3.8) is 0 Å². The number of amides is 1. The zero-order valence-corrected chi connectivity index (χ0v) is 16.5. The molecular weight excluding hydrogens is 398 g/mol. The van der Waals surface area contributed by atoms with Crippen molar-refractivity contribution in [2.75, 3.05) is 12.4 Å². The molecule has 0 bridgehead atoms. The van der Waals surface area contributed by atoms with Crippen molar-refractivity contribution in [2.24, 2.45) is 0 Å². The van der Waals surface area contributed by atoms with Gasteiger partial charge in [0.2, 0.25) is 0 Å². The summed E-state index contributed by atoms with van der Waals surface area (Å²) in [5.41, 5.74) is 3.22. The number of nitrogens with one attached hydrogen (secondary N) is 1. The molecule has 0 unspecified atom stereocenters. The van der Waals surface area contributed by atoms with Crippen molar-refractivity contribution in [1.82, 2.24) is 19.9 Å². The fraction of sp³-hybridized carbons (Fsp3) is 0.105. The number of hydrogen-bond acceptors (Lipinski definition) is 7. The second-order valence-electron chi connectivity index (χ2n) is 5.90. The lowest BCUT2D eigenvalue weighted by Crippen LogP contribution is -2.14. The normalized spacial score (nSPS) is 10.8. The van der Waals surface area contributed by atoms with Gasteiger partial charge in [0.05, 0.1) is 29.1 Å². The average Bonchev–Trinajstić information content (AvgIpc) is 3.10. The van der Waals surface area contributed by atoms with Crippen molar-refractivity contribution < 1.29 is 9.53 Å². The first-order valence-corrected chi connectivity index (χ1v) is 9.43. The quantitative estimate of drug-likeness (QED) is 0.501. The number of ether oxygens (including phenoxy) is 1. The third kappa shape index (κ3) is 3.51. The lowest BCUT2D eigenvalue weighted by Gasteiger charge is -2.13. The molecule has 0 saturated heterocycles. The van der Waals surface area contributed by atoms with Gasteiger partial charge in [0.15, 0.2) is 5.13 Å². The van der Waals surface area contributed by atoms with E-state index in [1.807, 2.05) is 13.0 Å². The molecule has 1 amide bonds. The minimum Gasteiger partial charge on any atom is -0.494 e. The van der Waals surface area contributed by atoms with Crippen LogP contribution >= 0.6 is 22.9 Å². The summed E-state index contributed by atoms with van der Waals surface area (Å²) in [4.78, 5) is 29.8. The average molecular weight is 412 g/mol. The second kappa shape index (κ2) is 7.49. The van der Waals surface area contributed by atoms with E-state index in [9.17, 15) is 4.79 Å². The predicted octanol–water partition coefficient (Wildman–Crippen LogP) is 4.37. The van der Waals surface area contributed by atoms with Crippen LogP contribution in [0.3, 0.4) is 0 Å². The Hall–Kier alpha value is -3.10. The summed E-state index contributed by atoms with van der Waals surface area (Å²) in [7, 11) is 1.54. The first-order valence-electron chi connectivity index (χ1n) is 8.23. The number of methoxy groups -OCH3 is 1. The molecule has 0 fully saturated rings. The molecule has 9 heteroatoms. The highest BCUT2D eigenvalue weighted by molar-refractivity contribution is 7.22. The monoisotopic (exact) mass is 411 g/mol. The van der Waals surface area contributed by atoms with Gasteiger partial charge in [-0.25, -0.2) is 9.97 Å². The van der Waals surface area contributed by atoms with Crippen LogP contribution in [0.1, 0.15) is 16.1 Å². The second-order valence-corrected chi connectivity index (χ2v) is 7.31. The molecule has 4 rings (SSSR count). The van der Waals surface area contributed by atoms with Crippen LogP contribution in [0.4, 0.5) is 5.13 Å². The van der Waals surface area contributed by atoms with Crippen LogP contribution in [-0.2, 0) is 0 Å². The molecule has 140 valence electrons. The standard InChI is InChI=1S/C19H14ClN5O2S/c1-10-5-11(12-6-17(20)23-8-15(12)27-2)13(7-22-10)18(26)25-19-24-14-3-4-21-9-16(14)28-19/h3-9H,1-2H3,(H,24,25,26). The van der Waals surface area contributed by atoms with Crippen LogP contribution in [0.2, 0.25) is 5.15 Å². The predicted molar refractivity (Wildman–Crippen MR) is 109 cm³/mol. The molecule has 0 aliphatic rings. The van der Waals surface area contributed by atoms with Gasteiger partial charge in [0, 0.05) is 35.4 Å². The first kappa shape index (κ1) is 18.3. The highest BCUT2D eigenvalue weighted by Crippen LogP contribution is 2.34. The van der Waals surface area contributed by atoms with Gasteiger partial charge in [-0.05, 0) is 25.1 Å². The number of carbonyl (C=O) groups is 1. The molecule has 0 aromatic carbocycles. The van der Waals surface area contributed by atoms with E-state index in [1.54, 1.807) is 24.5 Å². The fourth-order valence-electron chi connectivity index (χ4n) is 2.75. The number of halogens is 1. The molecule has 0 aliphatic heterocycles. The number of aromatic nitrogens is 4. The van der Waals surface area contributed by atoms with Gasteiger partial charge in [0.1, 0.15) is 10.9 Å². The number of pyridine rings is 3. The number of carbonyl (C=O) groups excluding carboxylic acids is 1. The van der Waals surface area contributed by atoms with Crippen molar-refractivity contribution in [1.29, 1.82) is 0 Å². The SMILES string of the molecule is COc1cnc(Cl)cc1-c1cc(C)ncc1C(=O)Nc1nc2ccncc2s1. The van der Waals surface area contributed by atoms with Gasteiger partial charge in [-0.15, -0.1) is 0 Å². The Morgan fingerprint density at radius 1 is 1.18 bits per heavy atom. The third-order valence-electron chi connectivity index (χ3n) is 4.04. The smallest absolute Gasteiger partial charge is 0.259 e. The van der Waals surface area contributed by atoms with E-state index in [0.717, 1.165) is 15.9 Å². The zero-order chi connectivity index (χ0) is 19.7. The Balaban J connectivity index is 1.76. The summed E-state index contributed by atoms with van der Waals surface area (Å²) in [6, 6.07) is 5.27. The van der Waals surface area contributed by atoms with E-state index in [-0.39, 0.29) is 5.91 Å². The highest BCUT2D eigenvalue weighted by atomic mass is 35.5. The van der Waals surface area contributed by atoms with E-state index >= 15 is 0 Å². The van der Waals surface area contributed by atoms with E-state index in [2.05, 4.69) is 25.3 Å². The molecule has 4 heterocycles. The topological polar surface area (TPSA) is 89.9 Å². The molecule has 4 aromatic heterocycles. The van der Waals surface area contributed by atoms with Gasteiger partial charge in [-0.1, -0.05) is 22.9 Å². The molecule has 0 atom stereocenters. The van der Waals surface area contributed by atoms with Gasteiger partial charge >= 0.3 is 0 Å². The maximum atomic E-state index is 13.0. The summed E-state index contributed by atoms with van der Waals surface area (Å²) < 4.78 is 6.29. The zero-order valence-electron chi connectivity index (χ0n) is 14.9. The van der Waals surface area contributed by atoms with Crippen LogP contribution in [0.15, 0.2) is 43.0 Å². The van der Waals surface area contributed by atoms with Crippen molar-refractivity contribution in [2.45, 2.75) is 6.92 Å². The van der Waals surface area contributed by atoms with Gasteiger partial charge in [0.25, 0.3) is 5.91 Å². The van der Waals surface area contributed by atoms with Gasteiger partial charge in [-0.2, -0.15) is 0 Å². The number of anilines is 1. The Bertz CT molecular complexity index is 1160. The van der Waals surface area contributed by atoms with E-state index in [1.165, 1.54) is 30.8 Å². The fourth-order valence-corrected chi connectivity index (χ4v) is 3.74. The number of thiazole rings is 1. The lowest BCUT2D eigenvalue weighted by molar-refractivity contribution is 0.102. The molecule has 0 saturated carbocycles. The molecule has 0 spiro atoms. The maximum Gasteiger partial charge on any atom is 0.259 e. The lowest BCUT2D eigenvalue weighted by atomic mass is 10.0. The highest BCUT2D eigenvalue weighted by Gasteiger charge is 2.19. The number of nitrogens with zero attached hydrogens (tertiary/aromatic N) is 4. The van der Waals surface area contributed by atoms with Crippen molar-refractivity contribution >= 4 is 44.2 Å². The summed E-state index contributed by atoms with van der Waals surface area (Å²) in [5.74, 6) is 0.180. The Morgan fingerprint density at radius 3 is 2.82 bits per heavy atom. The molecule has 0 aliphatic carbocycles. The molecule has 7 nitrogen and oxygen atoms in total. The Kier molecular flexibility index (Phi) is 4.89. The van der Waals surface area contributed by atoms with Crippen LogP contribution in [0.5, 0.6) is 5.75 Å². The molecule has 1 N–H and O–H groups in total. The molecular formula is C19H14ClN5O2S. The minimum absolute atomic E-state index is 0.301. The molecule has 0 radical (unpaired) electrons. The van der Waals surface area contributed by atoms with E-state index in [4.69, 9.17) is 16.3 Å². The number of aryl methyl sites for hydroxylation is 1. The van der Waals surface area contributed by atoms with Crippen LogP contribution < -0.4 is 10.1 Å². The van der Waals surface area contributed by atoms with Gasteiger partial charge < -0.3 is 4.74 Å². The maximum absolute atomic E-state index is 13.0. The summed E-state index contributed by atoms with van der Waals surface area (Å²) in [5, 5.41) is 3.63. The van der Waals surface area contributed by atoms with Crippen LogP contribution in [-0.4, -0.2) is 33.0 Å².